The average molecular weight is 626 g/mol. The highest BCUT2D eigenvalue weighted by atomic mass is 35.5. The van der Waals surface area contributed by atoms with Crippen LogP contribution in [0.15, 0.2) is 61.1 Å². The maximum absolute atomic E-state index is 14.9. The first-order valence-electron chi connectivity index (χ1n) is 13.4. The van der Waals surface area contributed by atoms with Crippen molar-refractivity contribution in [2.45, 2.75) is 32.4 Å². The number of aliphatic carboxylic acids is 1. The zero-order chi connectivity index (χ0) is 31.5. The van der Waals surface area contributed by atoms with Crippen molar-refractivity contribution in [2.24, 2.45) is 0 Å². The third-order valence-electron chi connectivity index (χ3n) is 6.16. The number of nitrogens with zero attached hydrogens (tertiary/aromatic N) is 6. The van der Waals surface area contributed by atoms with Gasteiger partial charge in [0.05, 0.1) is 28.9 Å². The molecule has 230 valence electrons. The minimum atomic E-state index is -1.07. The molecule has 0 saturated heterocycles. The zero-order valence-corrected chi connectivity index (χ0v) is 24.2. The minimum Gasteiger partial charge on any atom is -0.481 e. The van der Waals surface area contributed by atoms with Crippen molar-refractivity contribution in [3.05, 3.63) is 83.2 Å². The van der Waals surface area contributed by atoms with Gasteiger partial charge in [-0.15, -0.1) is 5.10 Å². The molecular formula is C28H29ClFN9O5. The van der Waals surface area contributed by atoms with Crippen molar-refractivity contribution < 1.29 is 28.6 Å². The van der Waals surface area contributed by atoms with Gasteiger partial charge in [-0.2, -0.15) is 9.78 Å². The van der Waals surface area contributed by atoms with Gasteiger partial charge in [0.2, 0.25) is 5.91 Å². The fraction of sp³-hybridized carbons (Fsp3) is 0.250. The van der Waals surface area contributed by atoms with Crippen molar-refractivity contribution in [3.63, 3.8) is 0 Å². The van der Waals surface area contributed by atoms with Crippen LogP contribution in [-0.2, 0) is 27.3 Å². The number of hydrogen-bond acceptors (Lipinski definition) is 9. The van der Waals surface area contributed by atoms with Gasteiger partial charge in [-0.25, -0.2) is 9.18 Å². The van der Waals surface area contributed by atoms with Gasteiger partial charge in [0, 0.05) is 48.7 Å². The topological polar surface area (TPSA) is 178 Å². The van der Waals surface area contributed by atoms with Gasteiger partial charge in [0.1, 0.15) is 12.9 Å². The number of aryl methyl sites for hydroxylation is 1. The van der Waals surface area contributed by atoms with E-state index in [0.29, 0.717) is 36.6 Å². The molecule has 2 aromatic heterocycles. The lowest BCUT2D eigenvalue weighted by Crippen LogP contribution is -2.40. The molecule has 16 heteroatoms. The number of carbonyl (C=O) groups is 3. The van der Waals surface area contributed by atoms with Crippen LogP contribution in [0.1, 0.15) is 24.6 Å². The van der Waals surface area contributed by atoms with Crippen molar-refractivity contribution in [2.75, 3.05) is 23.8 Å². The van der Waals surface area contributed by atoms with Gasteiger partial charge >= 0.3 is 12.1 Å². The molecule has 44 heavy (non-hydrogen) atoms. The number of ether oxygens (including phenoxy) is 1. The molecular weight excluding hydrogens is 597 g/mol. The van der Waals surface area contributed by atoms with E-state index in [9.17, 15) is 18.8 Å². The Bertz CT molecular complexity index is 1610. The van der Waals surface area contributed by atoms with E-state index in [1.165, 1.54) is 29.2 Å². The Balaban J connectivity index is 1.42. The van der Waals surface area contributed by atoms with E-state index in [-0.39, 0.29) is 23.6 Å². The molecule has 0 aliphatic carbocycles. The van der Waals surface area contributed by atoms with Gasteiger partial charge in [-0.3, -0.25) is 19.6 Å². The molecule has 2 heterocycles. The van der Waals surface area contributed by atoms with Gasteiger partial charge < -0.3 is 20.5 Å². The maximum Gasteiger partial charge on any atom is 0.411 e. The minimum absolute atomic E-state index is 0.0378. The molecule has 0 fully saturated rings. The number of anilines is 2. The number of rotatable bonds is 14. The molecule has 4 rings (SSSR count). The number of hydrogen-bond donors (Lipinski definition) is 4. The van der Waals surface area contributed by atoms with E-state index in [2.05, 4.69) is 36.6 Å². The van der Waals surface area contributed by atoms with Crippen LogP contribution in [-0.4, -0.2) is 72.3 Å². The van der Waals surface area contributed by atoms with E-state index in [1.807, 2.05) is 19.2 Å². The molecule has 0 spiro atoms. The first kappa shape index (κ1) is 31.6. The first-order chi connectivity index (χ1) is 21.2. The summed E-state index contributed by atoms with van der Waals surface area (Å²) in [7, 11) is 0. The van der Waals surface area contributed by atoms with Crippen LogP contribution in [0, 0.1) is 5.82 Å². The van der Waals surface area contributed by atoms with E-state index in [4.69, 9.17) is 21.4 Å². The third-order valence-corrected chi connectivity index (χ3v) is 6.45. The Hall–Kier alpha value is -5.31. The standard InChI is InChI=1S/C28H29ClFN9O5/c1-2-38-13-11-20(35-38)15-21(16-31-18-3-5-19(6-4-18)34-28(43)44-14-12-26(41)42)33-25(40)10-7-22-24(39-17-32-36-37-39)9-8-23(29)27(22)30/h3-11,13,17,21,31H,2,12,14-16H2,1H3,(H,33,40)(H,34,43)(H,41,42)/b10-7+/t21-/m0/s1. The summed E-state index contributed by atoms with van der Waals surface area (Å²) >= 11 is 5.98. The second-order valence-corrected chi connectivity index (χ2v) is 9.72. The zero-order valence-electron chi connectivity index (χ0n) is 23.5. The number of carboxylic acid groups (broad SMARTS) is 1. The summed E-state index contributed by atoms with van der Waals surface area (Å²) in [5.41, 5.74) is 2.26. The highest BCUT2D eigenvalue weighted by Crippen LogP contribution is 2.25. The summed E-state index contributed by atoms with van der Waals surface area (Å²) < 4.78 is 22.8. The number of benzene rings is 2. The Morgan fingerprint density at radius 3 is 2.59 bits per heavy atom. The largest absolute Gasteiger partial charge is 0.481 e. The Morgan fingerprint density at radius 2 is 1.91 bits per heavy atom. The number of carboxylic acids is 1. The monoisotopic (exact) mass is 625 g/mol. The van der Waals surface area contributed by atoms with Crippen LogP contribution in [0.5, 0.6) is 0 Å². The van der Waals surface area contributed by atoms with Gasteiger partial charge in [0.25, 0.3) is 0 Å². The molecule has 0 aliphatic heterocycles. The number of amides is 2. The number of nitrogens with one attached hydrogen (secondary N) is 3. The summed E-state index contributed by atoms with van der Waals surface area (Å²) in [6, 6.07) is 11.1. The molecule has 0 unspecified atom stereocenters. The van der Waals surface area contributed by atoms with Crippen molar-refractivity contribution in [1.29, 1.82) is 0 Å². The molecule has 0 saturated carbocycles. The van der Waals surface area contributed by atoms with Gasteiger partial charge in [-0.05, 0) is 65.9 Å². The van der Waals surface area contributed by atoms with E-state index < -0.39 is 29.8 Å². The van der Waals surface area contributed by atoms with Crippen LogP contribution in [0.3, 0.4) is 0 Å². The highest BCUT2D eigenvalue weighted by molar-refractivity contribution is 6.31. The van der Waals surface area contributed by atoms with Crippen LogP contribution < -0.4 is 16.0 Å². The smallest absolute Gasteiger partial charge is 0.411 e. The lowest BCUT2D eigenvalue weighted by atomic mass is 10.1. The molecule has 0 bridgehead atoms. The third kappa shape index (κ3) is 9.09. The molecule has 4 aromatic rings. The van der Waals surface area contributed by atoms with Gasteiger partial charge in [0.15, 0.2) is 5.82 Å². The lowest BCUT2D eigenvalue weighted by Gasteiger charge is -2.19. The van der Waals surface area contributed by atoms with Crippen molar-refractivity contribution >= 4 is 47.0 Å². The summed E-state index contributed by atoms with van der Waals surface area (Å²) in [6.07, 6.45) is 5.01. The fourth-order valence-electron chi connectivity index (χ4n) is 4.01. The summed E-state index contributed by atoms with van der Waals surface area (Å²) in [4.78, 5) is 35.4. The maximum atomic E-state index is 14.9. The Labute approximate surface area is 255 Å². The highest BCUT2D eigenvalue weighted by Gasteiger charge is 2.16. The fourth-order valence-corrected chi connectivity index (χ4v) is 4.17. The van der Waals surface area contributed by atoms with Crippen molar-refractivity contribution in [3.8, 4) is 5.69 Å². The van der Waals surface area contributed by atoms with Crippen LogP contribution in [0.2, 0.25) is 5.02 Å². The van der Waals surface area contributed by atoms with Crippen LogP contribution in [0.4, 0.5) is 20.6 Å². The molecule has 0 radical (unpaired) electrons. The van der Waals surface area contributed by atoms with Crippen molar-refractivity contribution in [1.82, 2.24) is 35.3 Å². The predicted octanol–water partition coefficient (Wildman–Crippen LogP) is 3.55. The molecule has 14 nitrogen and oxygen atoms in total. The average Bonchev–Trinajstić information content (AvgIpc) is 3.70. The molecule has 4 N–H and O–H groups in total. The quantitative estimate of drug-likeness (QED) is 0.151. The van der Waals surface area contributed by atoms with Gasteiger partial charge in [-0.1, -0.05) is 11.6 Å². The molecule has 2 amide bonds. The number of tetrazole rings is 1. The SMILES string of the molecule is CCn1ccc(C[C@@H](CNc2ccc(NC(=O)OCCC(=O)O)cc2)NC(=O)/C=C/c2c(-n3cnnn3)ccc(Cl)c2F)n1. The van der Waals surface area contributed by atoms with Crippen LogP contribution >= 0.6 is 11.6 Å². The van der Waals surface area contributed by atoms with Crippen LogP contribution in [0.25, 0.3) is 11.8 Å². The lowest BCUT2D eigenvalue weighted by molar-refractivity contribution is -0.137. The summed E-state index contributed by atoms with van der Waals surface area (Å²) in [5.74, 6) is -2.27. The number of aromatic nitrogens is 6. The summed E-state index contributed by atoms with van der Waals surface area (Å²) in [6.45, 7) is 2.73. The molecule has 2 aromatic carbocycles. The number of halogens is 2. The second kappa shape index (κ2) is 15.2. The Kier molecular flexibility index (Phi) is 11.0. The first-order valence-corrected chi connectivity index (χ1v) is 13.8. The molecule has 1 atom stereocenters. The second-order valence-electron chi connectivity index (χ2n) is 9.32. The summed E-state index contributed by atoms with van der Waals surface area (Å²) in [5, 5.41) is 32.7. The predicted molar refractivity (Wildman–Crippen MR) is 159 cm³/mol. The molecule has 0 aliphatic rings. The van der Waals surface area contributed by atoms with E-state index in [0.717, 1.165) is 5.69 Å². The number of carbonyl (C=O) groups excluding carboxylic acids is 2. The van der Waals surface area contributed by atoms with E-state index in [1.54, 1.807) is 35.0 Å². The van der Waals surface area contributed by atoms with E-state index >= 15 is 0 Å². The normalized spacial score (nSPS) is 11.7. The Morgan fingerprint density at radius 1 is 1.14 bits per heavy atom.